The summed E-state index contributed by atoms with van der Waals surface area (Å²) in [6.45, 7) is 11.5. The first kappa shape index (κ1) is 19.6. The maximum atomic E-state index is 13.3. The van der Waals surface area contributed by atoms with Crippen LogP contribution in [-0.4, -0.2) is 16.6 Å². The summed E-state index contributed by atoms with van der Waals surface area (Å²) < 4.78 is 39.8. The molecule has 3 nitrogen and oxygen atoms in total. The van der Waals surface area contributed by atoms with E-state index in [1.807, 2.05) is 27.7 Å². The van der Waals surface area contributed by atoms with Crippen LogP contribution in [0.1, 0.15) is 51.3 Å². The molecule has 0 bridgehead atoms. The van der Waals surface area contributed by atoms with Gasteiger partial charge in [0, 0.05) is 17.2 Å². The topological polar surface area (TPSA) is 28.0 Å². The van der Waals surface area contributed by atoms with Crippen LogP contribution in [0.3, 0.4) is 0 Å². The Morgan fingerprint density at radius 3 is 2.52 bits per heavy atom. The molecule has 2 rings (SSSR count). The Balaban J connectivity index is 2.76. The number of fused-ring (bicyclic) bond motifs is 1. The largest absolute Gasteiger partial charge is 0.416 e. The number of hydrogen-bond donors (Lipinski definition) is 0. The van der Waals surface area contributed by atoms with Gasteiger partial charge in [-0.1, -0.05) is 19.9 Å². The second kappa shape index (κ2) is 7.28. The van der Waals surface area contributed by atoms with Crippen LogP contribution >= 0.6 is 9.24 Å². The van der Waals surface area contributed by atoms with Crippen molar-refractivity contribution >= 4 is 31.8 Å². The zero-order valence-corrected chi connectivity index (χ0v) is 16.0. The third kappa shape index (κ3) is 4.12. The molecular weight excluding hydrogens is 346 g/mol. The molecule has 1 aliphatic rings. The predicted octanol–water partition coefficient (Wildman–Crippen LogP) is 5.22. The lowest BCUT2D eigenvalue weighted by Crippen LogP contribution is -2.37. The fourth-order valence-corrected chi connectivity index (χ4v) is 3.21. The Kier molecular flexibility index (Phi) is 5.72. The lowest BCUT2D eigenvalue weighted by Gasteiger charge is -2.37. The number of hydrogen-bond acceptors (Lipinski definition) is 3. The van der Waals surface area contributed by atoms with Crippen LogP contribution < -0.4 is 5.30 Å². The van der Waals surface area contributed by atoms with Gasteiger partial charge >= 0.3 is 6.18 Å². The molecule has 7 heteroatoms. The molecule has 1 heterocycles. The average molecular weight is 369 g/mol. The van der Waals surface area contributed by atoms with E-state index >= 15 is 0 Å². The van der Waals surface area contributed by atoms with Crippen molar-refractivity contribution in [3.8, 4) is 0 Å². The summed E-state index contributed by atoms with van der Waals surface area (Å²) in [5.41, 5.74) is 1.23. The van der Waals surface area contributed by atoms with E-state index in [-0.39, 0.29) is 12.0 Å². The summed E-state index contributed by atoms with van der Waals surface area (Å²) in [7, 11) is 2.38. The number of benzene rings is 1. The molecule has 2 unspecified atom stereocenters. The fraction of sp³-hybridized carbons (Fsp3) is 0.444. The third-order valence-electron chi connectivity index (χ3n) is 3.83. The number of alkyl halides is 3. The van der Waals surface area contributed by atoms with Crippen molar-refractivity contribution in [2.75, 3.05) is 0 Å². The molecule has 0 radical (unpaired) electrons. The Morgan fingerprint density at radius 2 is 2.04 bits per heavy atom. The summed E-state index contributed by atoms with van der Waals surface area (Å²) in [6.07, 6.45) is -2.23. The predicted molar refractivity (Wildman–Crippen MR) is 101 cm³/mol. The lowest BCUT2D eigenvalue weighted by atomic mass is 9.95. The normalized spacial score (nSPS) is 17.2. The zero-order chi connectivity index (χ0) is 18.9. The number of hydrazone groups is 1. The van der Waals surface area contributed by atoms with Crippen molar-refractivity contribution < 1.29 is 13.2 Å². The van der Waals surface area contributed by atoms with Gasteiger partial charge in [-0.2, -0.15) is 18.3 Å². The minimum atomic E-state index is -4.41. The van der Waals surface area contributed by atoms with Crippen LogP contribution in [0.15, 0.2) is 34.9 Å². The van der Waals surface area contributed by atoms with E-state index in [4.69, 9.17) is 0 Å². The highest BCUT2D eigenvalue weighted by Crippen LogP contribution is 2.41. The summed E-state index contributed by atoms with van der Waals surface area (Å²) in [4.78, 5) is 4.65. The van der Waals surface area contributed by atoms with E-state index in [2.05, 4.69) is 25.9 Å². The molecule has 0 saturated heterocycles. The van der Waals surface area contributed by atoms with Gasteiger partial charge in [0.25, 0.3) is 0 Å². The van der Waals surface area contributed by atoms with Gasteiger partial charge in [0.05, 0.1) is 17.3 Å². The Morgan fingerprint density at radius 1 is 1.40 bits per heavy atom. The molecule has 1 aromatic carbocycles. The van der Waals surface area contributed by atoms with Crippen LogP contribution in [0.5, 0.6) is 0 Å². The van der Waals surface area contributed by atoms with Gasteiger partial charge in [-0.25, -0.2) is 10.0 Å². The standard InChI is InChI=1S/C18H23F3N3P/c1-6-7-14-13-8-12(18(19,20)21)9-15(25)16(13)22-17(10(2)3)24(14)23-11(4)5/h6,8-10,14H,1,7,25H2,2-5H3. The highest BCUT2D eigenvalue weighted by Gasteiger charge is 2.36. The smallest absolute Gasteiger partial charge is 0.244 e. The Hall–Kier alpha value is -1.68. The van der Waals surface area contributed by atoms with Gasteiger partial charge < -0.3 is 0 Å². The quantitative estimate of drug-likeness (QED) is 0.406. The highest BCUT2D eigenvalue weighted by atomic mass is 31.0. The molecular formula is C18H23F3N3P. The summed E-state index contributed by atoms with van der Waals surface area (Å²) in [5, 5.41) is 6.73. The molecule has 0 spiro atoms. The van der Waals surface area contributed by atoms with Crippen molar-refractivity contribution in [1.82, 2.24) is 5.01 Å². The van der Waals surface area contributed by atoms with Gasteiger partial charge in [-0.05, 0) is 37.7 Å². The second-order valence-electron chi connectivity index (χ2n) is 6.56. The number of halogens is 3. The first-order valence-corrected chi connectivity index (χ1v) is 8.65. The minimum absolute atomic E-state index is 0.0789. The fourth-order valence-electron chi connectivity index (χ4n) is 2.80. The van der Waals surface area contributed by atoms with Crippen LogP contribution in [0.2, 0.25) is 0 Å². The molecule has 136 valence electrons. The maximum Gasteiger partial charge on any atom is 0.416 e. The van der Waals surface area contributed by atoms with E-state index in [0.29, 0.717) is 23.0 Å². The highest BCUT2D eigenvalue weighted by molar-refractivity contribution is 7.28. The molecule has 0 fully saturated rings. The molecule has 0 amide bonds. The van der Waals surface area contributed by atoms with Crippen LogP contribution in [0.25, 0.3) is 0 Å². The van der Waals surface area contributed by atoms with Crippen molar-refractivity contribution in [2.45, 2.75) is 46.3 Å². The minimum Gasteiger partial charge on any atom is -0.244 e. The van der Waals surface area contributed by atoms with Gasteiger partial charge in [0.2, 0.25) is 0 Å². The number of amidine groups is 1. The first-order valence-electron chi connectivity index (χ1n) is 8.07. The van der Waals surface area contributed by atoms with E-state index in [9.17, 15) is 13.2 Å². The van der Waals surface area contributed by atoms with E-state index in [0.717, 1.165) is 17.6 Å². The molecule has 25 heavy (non-hydrogen) atoms. The number of nitrogens with zero attached hydrogens (tertiary/aromatic N) is 3. The Bertz CT molecular complexity index is 732. The van der Waals surface area contributed by atoms with E-state index in [1.165, 1.54) is 6.07 Å². The monoisotopic (exact) mass is 369 g/mol. The summed E-state index contributed by atoms with van der Waals surface area (Å²) >= 11 is 0. The Labute approximate surface area is 148 Å². The molecule has 0 aromatic heterocycles. The van der Waals surface area contributed by atoms with Crippen molar-refractivity contribution in [3.63, 3.8) is 0 Å². The van der Waals surface area contributed by atoms with E-state index < -0.39 is 11.7 Å². The van der Waals surface area contributed by atoms with Gasteiger partial charge in [-0.3, -0.25) is 0 Å². The maximum absolute atomic E-state index is 13.3. The van der Waals surface area contributed by atoms with Crippen molar-refractivity contribution in [3.05, 3.63) is 35.9 Å². The molecule has 1 aromatic rings. The molecule has 0 N–H and O–H groups in total. The second-order valence-corrected chi connectivity index (χ2v) is 7.18. The number of aliphatic imine (C=N–C) groups is 1. The van der Waals surface area contributed by atoms with Gasteiger partial charge in [-0.15, -0.1) is 15.8 Å². The molecule has 0 saturated carbocycles. The van der Waals surface area contributed by atoms with Crippen LogP contribution in [-0.2, 0) is 6.18 Å². The van der Waals surface area contributed by atoms with Crippen molar-refractivity contribution in [2.24, 2.45) is 16.0 Å². The molecule has 0 aliphatic carbocycles. The van der Waals surface area contributed by atoms with E-state index in [1.54, 1.807) is 11.1 Å². The van der Waals surface area contributed by atoms with Crippen LogP contribution in [0.4, 0.5) is 18.9 Å². The molecule has 2 atom stereocenters. The summed E-state index contributed by atoms with van der Waals surface area (Å²) in [6, 6.07) is 1.95. The molecule has 1 aliphatic heterocycles. The van der Waals surface area contributed by atoms with Gasteiger partial charge in [0.15, 0.2) is 0 Å². The van der Waals surface area contributed by atoms with Crippen LogP contribution in [0, 0.1) is 5.92 Å². The zero-order valence-electron chi connectivity index (χ0n) is 14.9. The lowest BCUT2D eigenvalue weighted by molar-refractivity contribution is -0.137. The third-order valence-corrected chi connectivity index (χ3v) is 4.27. The van der Waals surface area contributed by atoms with Crippen molar-refractivity contribution in [1.29, 1.82) is 0 Å². The van der Waals surface area contributed by atoms with Gasteiger partial charge in [0.1, 0.15) is 5.84 Å². The summed E-state index contributed by atoms with van der Waals surface area (Å²) in [5.74, 6) is 0.819. The average Bonchev–Trinajstić information content (AvgIpc) is 2.47. The number of rotatable bonds is 4. The SMILES string of the molecule is C=CCC1c2cc(C(F)(F)F)cc(P)c2N=C(C(C)C)N1N=C(C)C. The first-order chi connectivity index (χ1) is 11.6.